The molecule has 14 heteroatoms. The molecule has 0 aliphatic carbocycles. The molecule has 0 saturated carbocycles. The summed E-state index contributed by atoms with van der Waals surface area (Å²) in [6.07, 6.45) is -2.79. The number of carboxylic acid groups (broad SMARTS) is 5. The van der Waals surface area contributed by atoms with Crippen LogP contribution in [0.3, 0.4) is 0 Å². The summed E-state index contributed by atoms with van der Waals surface area (Å²) in [5, 5.41) is 53.4. The number of carbonyl (C=O) groups excluding carboxylic acids is 2. The summed E-state index contributed by atoms with van der Waals surface area (Å²) in [6, 6.07) is -1.21. The minimum absolute atomic E-state index is 0. The van der Waals surface area contributed by atoms with Crippen molar-refractivity contribution in [3.63, 3.8) is 0 Å². The molecule has 0 spiro atoms. The molecule has 12 nitrogen and oxygen atoms in total. The molecule has 0 fully saturated rings. The van der Waals surface area contributed by atoms with Crippen LogP contribution in [0, 0.1) is 0 Å². The van der Waals surface area contributed by atoms with Crippen molar-refractivity contribution in [2.24, 2.45) is 5.73 Å². The van der Waals surface area contributed by atoms with Crippen LogP contribution >= 0.6 is 0 Å². The van der Waals surface area contributed by atoms with Gasteiger partial charge in [0.2, 0.25) is 0 Å². The molecule has 0 aliphatic rings. The molecule has 0 radical (unpaired) electrons. The maximum atomic E-state index is 10.3. The smallest absolute Gasteiger partial charge is 0.550 e. The first kappa shape index (κ1) is 32.0. The molecule has 0 rings (SSSR count). The van der Waals surface area contributed by atoms with Gasteiger partial charge in [0.1, 0.15) is 0 Å². The van der Waals surface area contributed by atoms with E-state index in [1.807, 2.05) is 0 Å². The number of aliphatic hydroxyl groups is 1. The first-order valence-corrected chi connectivity index (χ1v) is 5.87. The predicted molar refractivity (Wildman–Crippen MR) is 64.3 cm³/mol. The van der Waals surface area contributed by atoms with Crippen LogP contribution in [0.2, 0.25) is 0 Å². The van der Waals surface area contributed by atoms with Gasteiger partial charge in [0.25, 0.3) is 0 Å². The molecule has 0 saturated heterocycles. The van der Waals surface area contributed by atoms with Crippen molar-refractivity contribution in [2.75, 3.05) is 0 Å². The van der Waals surface area contributed by atoms with E-state index in [9.17, 15) is 34.2 Å². The average Bonchev–Trinajstić information content (AvgIpc) is 2.34. The van der Waals surface area contributed by atoms with Crippen molar-refractivity contribution in [1.82, 2.24) is 0 Å². The van der Waals surface area contributed by atoms with E-state index in [0.29, 0.717) is 0 Å². The number of carboxylic acids is 5. The molecular formula is C11H15NNa2O11. The van der Waals surface area contributed by atoms with Gasteiger partial charge in [0.05, 0.1) is 18.8 Å². The third-order valence-corrected chi connectivity index (χ3v) is 2.25. The Morgan fingerprint density at radius 3 is 1.48 bits per heavy atom. The molecule has 0 bridgehead atoms. The molecule has 0 amide bonds. The number of aliphatic carboxylic acids is 5. The van der Waals surface area contributed by atoms with Crippen LogP contribution in [-0.2, 0) is 24.0 Å². The van der Waals surface area contributed by atoms with E-state index in [1.54, 1.807) is 0 Å². The van der Waals surface area contributed by atoms with Gasteiger partial charge in [0, 0.05) is 12.0 Å². The zero-order chi connectivity index (χ0) is 18.8. The van der Waals surface area contributed by atoms with Gasteiger partial charge in [-0.1, -0.05) is 0 Å². The van der Waals surface area contributed by atoms with Crippen molar-refractivity contribution in [3.8, 4) is 0 Å². The first-order chi connectivity index (χ1) is 10.3. The molecule has 1 atom stereocenters. The number of hydrogen-bond acceptors (Lipinski definition) is 9. The van der Waals surface area contributed by atoms with Crippen LogP contribution in [0.15, 0.2) is 0 Å². The third kappa shape index (κ3) is 17.9. The Hall–Kier alpha value is -0.730. The first-order valence-electron chi connectivity index (χ1n) is 5.87. The van der Waals surface area contributed by atoms with Crippen LogP contribution in [0.5, 0.6) is 0 Å². The number of rotatable bonds is 9. The molecule has 132 valence electrons. The van der Waals surface area contributed by atoms with Gasteiger partial charge in [0.15, 0.2) is 5.60 Å². The van der Waals surface area contributed by atoms with E-state index in [1.165, 1.54) is 0 Å². The van der Waals surface area contributed by atoms with Gasteiger partial charge in [-0.05, 0) is 12.8 Å². The summed E-state index contributed by atoms with van der Waals surface area (Å²) >= 11 is 0. The molecule has 0 unspecified atom stereocenters. The minimum Gasteiger partial charge on any atom is -0.550 e. The fourth-order valence-electron chi connectivity index (χ4n) is 1.11. The topological polar surface area (TPSA) is 238 Å². The summed E-state index contributed by atoms with van der Waals surface area (Å²) in [4.78, 5) is 50.1. The summed E-state index contributed by atoms with van der Waals surface area (Å²) in [5.41, 5.74) is 2.17. The van der Waals surface area contributed by atoms with E-state index in [2.05, 4.69) is 0 Å². The van der Waals surface area contributed by atoms with Crippen molar-refractivity contribution in [1.29, 1.82) is 0 Å². The van der Waals surface area contributed by atoms with E-state index >= 15 is 0 Å². The normalized spacial score (nSPS) is 10.6. The molecule has 0 aromatic heterocycles. The Morgan fingerprint density at radius 2 is 1.28 bits per heavy atom. The van der Waals surface area contributed by atoms with Crippen molar-refractivity contribution < 1.29 is 114 Å². The Morgan fingerprint density at radius 1 is 0.920 bits per heavy atom. The van der Waals surface area contributed by atoms with Crippen LogP contribution in [0.1, 0.15) is 25.7 Å². The molecular weight excluding hydrogens is 368 g/mol. The second-order valence-corrected chi connectivity index (χ2v) is 4.31. The van der Waals surface area contributed by atoms with Crippen molar-refractivity contribution in [2.45, 2.75) is 37.3 Å². The molecule has 0 aromatic carbocycles. The van der Waals surface area contributed by atoms with Gasteiger partial charge in [-0.15, -0.1) is 0 Å². The van der Waals surface area contributed by atoms with E-state index in [4.69, 9.17) is 26.2 Å². The maximum Gasteiger partial charge on any atom is 1.00 e. The summed E-state index contributed by atoms with van der Waals surface area (Å²) in [6.45, 7) is 0. The molecule has 25 heavy (non-hydrogen) atoms. The fourth-order valence-corrected chi connectivity index (χ4v) is 1.11. The minimum atomic E-state index is -2.74. The number of hydrogen-bond donors (Lipinski definition) is 5. The maximum absolute atomic E-state index is 10.3. The van der Waals surface area contributed by atoms with Gasteiger partial charge >= 0.3 is 77.0 Å². The largest absolute Gasteiger partial charge is 1.00 e. The Balaban J connectivity index is -0.000000168. The van der Waals surface area contributed by atoms with Gasteiger partial charge < -0.3 is 46.0 Å². The van der Waals surface area contributed by atoms with Crippen molar-refractivity contribution in [3.05, 3.63) is 0 Å². The van der Waals surface area contributed by atoms with Crippen LogP contribution < -0.4 is 75.1 Å². The quantitative estimate of drug-likeness (QED) is 0.233. The number of nitrogens with two attached hydrogens (primary N) is 1. The van der Waals surface area contributed by atoms with Crippen molar-refractivity contribution >= 4 is 29.8 Å². The second kappa shape index (κ2) is 15.5. The average molecular weight is 383 g/mol. The van der Waals surface area contributed by atoms with E-state index in [0.717, 1.165) is 0 Å². The Kier molecular flexibility index (Phi) is 19.9. The summed E-state index contributed by atoms with van der Waals surface area (Å²) in [7, 11) is 0. The molecule has 0 aromatic rings. The van der Waals surface area contributed by atoms with Gasteiger partial charge in [-0.2, -0.15) is 0 Å². The van der Waals surface area contributed by atoms with E-state index in [-0.39, 0.29) is 72.0 Å². The SMILES string of the molecule is N[C@@H](CCC(=O)[O-])C(=O)[O-].O=C(O)CC(O)(CC(=O)O)C(=O)O.[Na+].[Na+]. The third-order valence-electron chi connectivity index (χ3n) is 2.25. The van der Waals surface area contributed by atoms with E-state index < -0.39 is 54.3 Å². The molecule has 0 heterocycles. The zero-order valence-electron chi connectivity index (χ0n) is 13.6. The monoisotopic (exact) mass is 383 g/mol. The molecule has 6 N–H and O–H groups in total. The number of carbonyl (C=O) groups is 5. The van der Waals surface area contributed by atoms with Crippen LogP contribution in [0.25, 0.3) is 0 Å². The second-order valence-electron chi connectivity index (χ2n) is 4.31. The van der Waals surface area contributed by atoms with Gasteiger partial charge in [-0.3, -0.25) is 9.59 Å². The standard InChI is InChI=1S/C6H8O7.C5H9NO4.2Na/c7-3(8)1-6(13,5(11)12)2-4(9)10;6-3(5(9)10)1-2-4(7)8;;/h13H,1-2H2,(H,7,8)(H,9,10)(H,11,12);3H,1-2,6H2,(H,7,8)(H,9,10);;/q;;2*+1/p-2/t;3-;;/m.0../s1. The van der Waals surface area contributed by atoms with Gasteiger partial charge in [-0.25, -0.2) is 4.79 Å². The fraction of sp³-hybridized carbons (Fsp3) is 0.545. The zero-order valence-corrected chi connectivity index (χ0v) is 17.6. The summed E-state index contributed by atoms with van der Waals surface area (Å²) < 4.78 is 0. The molecule has 0 aliphatic heterocycles. The van der Waals surface area contributed by atoms with Crippen LogP contribution in [-0.4, -0.2) is 61.9 Å². The summed E-state index contributed by atoms with van der Waals surface area (Å²) in [5.74, 6) is -7.77. The predicted octanol–water partition coefficient (Wildman–Crippen LogP) is -10.6. The Labute approximate surface area is 185 Å². The van der Waals surface area contributed by atoms with Crippen LogP contribution in [0.4, 0.5) is 0 Å². The Bertz CT molecular complexity index is 467.